The van der Waals surface area contributed by atoms with Crippen LogP contribution in [-0.2, 0) is 10.3 Å². The Balaban J connectivity index is 2.11. The lowest BCUT2D eigenvalue weighted by Crippen LogP contribution is -3.06. The Labute approximate surface area is 127 Å². The summed E-state index contributed by atoms with van der Waals surface area (Å²) >= 11 is 0. The van der Waals surface area contributed by atoms with E-state index in [9.17, 15) is 0 Å². The summed E-state index contributed by atoms with van der Waals surface area (Å²) in [5.74, 6) is 0.507. The molecule has 110 valence electrons. The molecule has 1 aliphatic rings. The van der Waals surface area contributed by atoms with Crippen molar-refractivity contribution in [1.82, 2.24) is 0 Å². The third kappa shape index (κ3) is 2.61. The van der Waals surface area contributed by atoms with Crippen molar-refractivity contribution in [2.45, 2.75) is 12.0 Å². The molecule has 2 aromatic rings. The monoisotopic (exact) mass is 282 g/mol. The van der Waals surface area contributed by atoms with Gasteiger partial charge in [-0.2, -0.15) is 0 Å². The maximum Gasteiger partial charge on any atom is 0.126 e. The average molecular weight is 282 g/mol. The summed E-state index contributed by atoms with van der Waals surface area (Å²) in [6, 6.07) is 21.4. The van der Waals surface area contributed by atoms with E-state index < -0.39 is 0 Å². The van der Waals surface area contributed by atoms with E-state index in [0.29, 0.717) is 5.92 Å². The van der Waals surface area contributed by atoms with Gasteiger partial charge in [-0.25, -0.2) is 0 Å². The summed E-state index contributed by atoms with van der Waals surface area (Å²) in [6.07, 6.45) is 1.12. The molecule has 1 unspecified atom stereocenters. The molecule has 1 saturated heterocycles. The molecule has 1 aliphatic heterocycles. The van der Waals surface area contributed by atoms with E-state index in [2.05, 4.69) is 74.8 Å². The van der Waals surface area contributed by atoms with Crippen LogP contribution in [0.2, 0.25) is 0 Å². The van der Waals surface area contributed by atoms with Crippen LogP contribution < -0.4 is 4.90 Å². The Morgan fingerprint density at radius 2 is 1.48 bits per heavy atom. The zero-order valence-electron chi connectivity index (χ0n) is 12.9. The molecule has 1 heterocycles. The van der Waals surface area contributed by atoms with E-state index in [-0.39, 0.29) is 5.60 Å². The molecule has 0 amide bonds. The SMILES string of the molecule is C[NH+](C)CC1CCOC1(c1ccccc1)c1ccccc1. The molecule has 0 spiro atoms. The zero-order valence-corrected chi connectivity index (χ0v) is 12.9. The Hall–Kier alpha value is -1.64. The third-order valence-electron chi connectivity index (χ3n) is 4.43. The van der Waals surface area contributed by atoms with Gasteiger partial charge in [-0.1, -0.05) is 60.7 Å². The van der Waals surface area contributed by atoms with Gasteiger partial charge in [0.15, 0.2) is 0 Å². The highest BCUT2D eigenvalue weighted by molar-refractivity contribution is 5.38. The van der Waals surface area contributed by atoms with Crippen LogP contribution in [0.25, 0.3) is 0 Å². The number of quaternary nitrogens is 1. The molecule has 3 rings (SSSR count). The van der Waals surface area contributed by atoms with Crippen LogP contribution in [0.5, 0.6) is 0 Å². The van der Waals surface area contributed by atoms with Gasteiger partial charge in [0.05, 0.1) is 20.6 Å². The van der Waals surface area contributed by atoms with Crippen LogP contribution in [0.4, 0.5) is 0 Å². The lowest BCUT2D eigenvalue weighted by Gasteiger charge is -2.35. The standard InChI is InChI=1S/C19H23NO/c1-20(2)15-18-13-14-21-19(18,16-9-5-3-6-10-16)17-11-7-4-8-12-17/h3-12,18H,13-15H2,1-2H3/p+1. The van der Waals surface area contributed by atoms with Crippen molar-refractivity contribution in [3.05, 3.63) is 71.8 Å². The largest absolute Gasteiger partial charge is 0.365 e. The van der Waals surface area contributed by atoms with E-state index in [1.54, 1.807) is 0 Å². The van der Waals surface area contributed by atoms with Crippen LogP contribution >= 0.6 is 0 Å². The molecular formula is C19H24NO+. The minimum Gasteiger partial charge on any atom is -0.365 e. The number of hydrogen-bond acceptors (Lipinski definition) is 1. The molecular weight excluding hydrogens is 258 g/mol. The molecule has 0 bridgehead atoms. The van der Waals surface area contributed by atoms with Crippen molar-refractivity contribution in [3.63, 3.8) is 0 Å². The Morgan fingerprint density at radius 3 is 1.95 bits per heavy atom. The maximum atomic E-state index is 6.41. The first-order valence-electron chi connectivity index (χ1n) is 7.77. The van der Waals surface area contributed by atoms with E-state index in [0.717, 1.165) is 19.6 Å². The highest BCUT2D eigenvalue weighted by Gasteiger charge is 2.48. The molecule has 0 aromatic heterocycles. The van der Waals surface area contributed by atoms with Gasteiger partial charge in [-0.3, -0.25) is 0 Å². The number of rotatable bonds is 4. The van der Waals surface area contributed by atoms with Crippen molar-refractivity contribution >= 4 is 0 Å². The van der Waals surface area contributed by atoms with Gasteiger partial charge in [0, 0.05) is 12.5 Å². The van der Waals surface area contributed by atoms with Gasteiger partial charge >= 0.3 is 0 Å². The molecule has 2 heteroatoms. The number of nitrogens with one attached hydrogen (secondary N) is 1. The van der Waals surface area contributed by atoms with E-state index in [4.69, 9.17) is 4.74 Å². The first kappa shape index (κ1) is 14.3. The van der Waals surface area contributed by atoms with Gasteiger partial charge in [-0.15, -0.1) is 0 Å². The van der Waals surface area contributed by atoms with E-state index in [1.807, 2.05) is 0 Å². The minimum absolute atomic E-state index is 0.292. The molecule has 2 nitrogen and oxygen atoms in total. The Kier molecular flexibility index (Phi) is 4.09. The van der Waals surface area contributed by atoms with Crippen LogP contribution in [-0.4, -0.2) is 27.2 Å². The molecule has 21 heavy (non-hydrogen) atoms. The molecule has 1 fully saturated rings. The third-order valence-corrected chi connectivity index (χ3v) is 4.43. The second kappa shape index (κ2) is 6.00. The first-order chi connectivity index (χ1) is 10.2. The highest BCUT2D eigenvalue weighted by atomic mass is 16.5. The van der Waals surface area contributed by atoms with Gasteiger partial charge in [0.2, 0.25) is 0 Å². The van der Waals surface area contributed by atoms with Crippen molar-refractivity contribution in [3.8, 4) is 0 Å². The van der Waals surface area contributed by atoms with Crippen molar-refractivity contribution in [2.75, 3.05) is 27.2 Å². The molecule has 2 aromatic carbocycles. The van der Waals surface area contributed by atoms with Crippen LogP contribution in [0.15, 0.2) is 60.7 Å². The predicted octanol–water partition coefficient (Wildman–Crippen LogP) is 2.11. The smallest absolute Gasteiger partial charge is 0.126 e. The van der Waals surface area contributed by atoms with Crippen molar-refractivity contribution < 1.29 is 9.64 Å². The van der Waals surface area contributed by atoms with Crippen LogP contribution in [0.3, 0.4) is 0 Å². The summed E-state index contributed by atoms with van der Waals surface area (Å²) in [5, 5.41) is 0. The number of ether oxygens (including phenoxy) is 1. The van der Waals surface area contributed by atoms with Crippen LogP contribution in [0.1, 0.15) is 17.5 Å². The fraction of sp³-hybridized carbons (Fsp3) is 0.368. The molecule has 1 atom stereocenters. The lowest BCUT2D eigenvalue weighted by molar-refractivity contribution is -0.862. The Morgan fingerprint density at radius 1 is 0.952 bits per heavy atom. The predicted molar refractivity (Wildman–Crippen MR) is 85.4 cm³/mol. The van der Waals surface area contributed by atoms with Crippen molar-refractivity contribution in [2.24, 2.45) is 5.92 Å². The summed E-state index contributed by atoms with van der Waals surface area (Å²) in [7, 11) is 4.44. The van der Waals surface area contributed by atoms with E-state index >= 15 is 0 Å². The van der Waals surface area contributed by atoms with Gasteiger partial charge in [0.25, 0.3) is 0 Å². The van der Waals surface area contributed by atoms with E-state index in [1.165, 1.54) is 16.0 Å². The highest BCUT2D eigenvalue weighted by Crippen LogP contribution is 2.45. The molecule has 0 saturated carbocycles. The number of hydrogen-bond donors (Lipinski definition) is 1. The maximum absolute atomic E-state index is 6.41. The number of benzene rings is 2. The average Bonchev–Trinajstić information content (AvgIpc) is 2.93. The second-order valence-electron chi connectivity index (χ2n) is 6.21. The summed E-state index contributed by atoms with van der Waals surface area (Å²) < 4.78 is 6.41. The van der Waals surface area contributed by atoms with Gasteiger partial charge < -0.3 is 9.64 Å². The summed E-state index contributed by atoms with van der Waals surface area (Å²) in [5.41, 5.74) is 2.26. The van der Waals surface area contributed by atoms with Gasteiger partial charge in [0.1, 0.15) is 5.60 Å². The zero-order chi connectivity index (χ0) is 14.7. The minimum atomic E-state index is -0.292. The quantitative estimate of drug-likeness (QED) is 0.907. The topological polar surface area (TPSA) is 13.7 Å². The summed E-state index contributed by atoms with van der Waals surface area (Å²) in [4.78, 5) is 1.47. The molecule has 1 N–H and O–H groups in total. The Bertz CT molecular complexity index is 525. The lowest BCUT2D eigenvalue weighted by atomic mass is 9.76. The van der Waals surface area contributed by atoms with Gasteiger partial charge in [-0.05, 0) is 17.5 Å². The fourth-order valence-electron chi connectivity index (χ4n) is 3.60. The summed E-state index contributed by atoms with van der Waals surface area (Å²) in [6.45, 7) is 1.95. The fourth-order valence-corrected chi connectivity index (χ4v) is 3.60. The second-order valence-corrected chi connectivity index (χ2v) is 6.21. The van der Waals surface area contributed by atoms with Crippen molar-refractivity contribution in [1.29, 1.82) is 0 Å². The molecule has 0 aliphatic carbocycles. The molecule has 0 radical (unpaired) electrons. The van der Waals surface area contributed by atoms with Crippen LogP contribution in [0, 0.1) is 5.92 Å². The normalized spacial score (nSPS) is 20.8. The first-order valence-corrected chi connectivity index (χ1v) is 7.77.